The van der Waals surface area contributed by atoms with Crippen LogP contribution in [0.2, 0.25) is 0 Å². The molecule has 1 N–H and O–H groups in total. The normalized spacial score (nSPS) is 11.1. The maximum absolute atomic E-state index is 4.26. The van der Waals surface area contributed by atoms with E-state index in [2.05, 4.69) is 35.6 Å². The Hall–Kier alpha value is -0.870. The highest BCUT2D eigenvalue weighted by Crippen LogP contribution is 1.96. The van der Waals surface area contributed by atoms with Gasteiger partial charge in [-0.15, -0.1) is 0 Å². The molecule has 0 amide bonds. The first-order chi connectivity index (χ1) is 6.22. The van der Waals surface area contributed by atoms with Crippen LogP contribution in [-0.2, 0) is 13.1 Å². The molecule has 0 aliphatic rings. The summed E-state index contributed by atoms with van der Waals surface area (Å²) in [5.74, 6) is 0. The van der Waals surface area contributed by atoms with Crippen molar-refractivity contribution in [3.05, 3.63) is 18.0 Å². The molecule has 1 heterocycles. The molecule has 0 aromatic carbocycles. The van der Waals surface area contributed by atoms with Gasteiger partial charge in [-0.05, 0) is 21.1 Å². The Labute approximate surface area is 79.5 Å². The van der Waals surface area contributed by atoms with Crippen LogP contribution < -0.4 is 5.32 Å². The van der Waals surface area contributed by atoms with E-state index in [0.717, 1.165) is 19.6 Å². The van der Waals surface area contributed by atoms with E-state index in [1.54, 1.807) is 0 Å². The summed E-state index contributed by atoms with van der Waals surface area (Å²) >= 11 is 0. The van der Waals surface area contributed by atoms with Crippen molar-refractivity contribution in [3.63, 3.8) is 0 Å². The van der Waals surface area contributed by atoms with Crippen LogP contribution in [0.3, 0.4) is 0 Å². The lowest BCUT2D eigenvalue weighted by Gasteiger charge is -2.08. The number of likely N-dealkylation sites (N-methyl/N-ethyl adjacent to an activating group) is 1. The quantitative estimate of drug-likeness (QED) is 0.704. The minimum absolute atomic E-state index is 0.891. The van der Waals surface area contributed by atoms with Crippen LogP contribution in [-0.4, -0.2) is 42.4 Å². The van der Waals surface area contributed by atoms with Gasteiger partial charge >= 0.3 is 0 Å². The number of hydrogen-bond donors (Lipinski definition) is 1. The molecule has 4 heteroatoms. The van der Waals surface area contributed by atoms with Crippen LogP contribution in [0.4, 0.5) is 0 Å². The summed E-state index contributed by atoms with van der Waals surface area (Å²) < 4.78 is 1.98. The van der Waals surface area contributed by atoms with Crippen molar-refractivity contribution in [2.24, 2.45) is 0 Å². The summed E-state index contributed by atoms with van der Waals surface area (Å²) in [6.07, 6.45) is 3.99. The molecule has 0 unspecified atom stereocenters. The highest BCUT2D eigenvalue weighted by atomic mass is 15.3. The van der Waals surface area contributed by atoms with E-state index in [0.29, 0.717) is 0 Å². The van der Waals surface area contributed by atoms with Crippen molar-refractivity contribution >= 4 is 0 Å². The zero-order chi connectivity index (χ0) is 9.68. The SMILES string of the molecule is CNCc1cnn(CCN(C)C)c1. The lowest BCUT2D eigenvalue weighted by atomic mass is 10.4. The summed E-state index contributed by atoms with van der Waals surface area (Å²) in [6, 6.07) is 0. The van der Waals surface area contributed by atoms with Crippen molar-refractivity contribution in [2.45, 2.75) is 13.1 Å². The zero-order valence-corrected chi connectivity index (χ0v) is 8.62. The van der Waals surface area contributed by atoms with Gasteiger partial charge in [0.1, 0.15) is 0 Å². The maximum Gasteiger partial charge on any atom is 0.0536 e. The Morgan fingerprint density at radius 2 is 2.31 bits per heavy atom. The molecular weight excluding hydrogens is 164 g/mol. The summed E-state index contributed by atoms with van der Waals surface area (Å²) in [7, 11) is 6.08. The van der Waals surface area contributed by atoms with Crippen LogP contribution >= 0.6 is 0 Å². The predicted molar refractivity (Wildman–Crippen MR) is 53.5 cm³/mol. The van der Waals surface area contributed by atoms with E-state index in [9.17, 15) is 0 Å². The number of nitrogens with zero attached hydrogens (tertiary/aromatic N) is 3. The van der Waals surface area contributed by atoms with Gasteiger partial charge in [0.05, 0.1) is 12.7 Å². The second-order valence-electron chi connectivity index (χ2n) is 3.45. The van der Waals surface area contributed by atoms with E-state index in [1.165, 1.54) is 5.56 Å². The molecule has 0 atom stereocenters. The highest BCUT2D eigenvalue weighted by molar-refractivity contribution is 5.02. The van der Waals surface area contributed by atoms with E-state index in [-0.39, 0.29) is 0 Å². The fourth-order valence-corrected chi connectivity index (χ4v) is 1.13. The van der Waals surface area contributed by atoms with Crippen LogP contribution in [0.1, 0.15) is 5.56 Å². The van der Waals surface area contributed by atoms with Crippen LogP contribution in [0.15, 0.2) is 12.4 Å². The van der Waals surface area contributed by atoms with Gasteiger partial charge in [-0.25, -0.2) is 0 Å². The second-order valence-corrected chi connectivity index (χ2v) is 3.45. The van der Waals surface area contributed by atoms with Gasteiger partial charge in [0, 0.05) is 24.8 Å². The fraction of sp³-hybridized carbons (Fsp3) is 0.667. The first kappa shape index (κ1) is 10.2. The summed E-state index contributed by atoms with van der Waals surface area (Å²) in [5.41, 5.74) is 1.24. The largest absolute Gasteiger partial charge is 0.316 e. The first-order valence-corrected chi connectivity index (χ1v) is 4.53. The standard InChI is InChI=1S/C9H18N4/c1-10-6-9-7-11-13(8-9)5-4-12(2)3/h7-8,10H,4-6H2,1-3H3. The topological polar surface area (TPSA) is 33.1 Å². The van der Waals surface area contributed by atoms with Crippen molar-refractivity contribution in [2.75, 3.05) is 27.7 Å². The van der Waals surface area contributed by atoms with Gasteiger partial charge < -0.3 is 10.2 Å². The third-order valence-electron chi connectivity index (χ3n) is 1.84. The maximum atomic E-state index is 4.26. The minimum atomic E-state index is 0.891. The second kappa shape index (κ2) is 4.99. The Kier molecular flexibility index (Phi) is 3.92. The molecule has 0 aliphatic carbocycles. The van der Waals surface area contributed by atoms with E-state index < -0.39 is 0 Å². The number of rotatable bonds is 5. The molecule has 0 bridgehead atoms. The Morgan fingerprint density at radius 1 is 1.54 bits per heavy atom. The number of hydrogen-bond acceptors (Lipinski definition) is 3. The molecule has 0 fully saturated rings. The van der Waals surface area contributed by atoms with Gasteiger partial charge in [-0.1, -0.05) is 0 Å². The monoisotopic (exact) mass is 182 g/mol. The predicted octanol–water partition coefficient (Wildman–Crippen LogP) is 0.164. The first-order valence-electron chi connectivity index (χ1n) is 4.53. The molecule has 1 aromatic heterocycles. The lowest BCUT2D eigenvalue weighted by molar-refractivity contribution is 0.373. The van der Waals surface area contributed by atoms with Gasteiger partial charge in [-0.3, -0.25) is 4.68 Å². The fourth-order valence-electron chi connectivity index (χ4n) is 1.13. The number of nitrogens with one attached hydrogen (secondary N) is 1. The minimum Gasteiger partial charge on any atom is -0.316 e. The van der Waals surface area contributed by atoms with E-state index in [4.69, 9.17) is 0 Å². The average molecular weight is 182 g/mol. The Balaban J connectivity index is 2.39. The van der Waals surface area contributed by atoms with Gasteiger partial charge in [0.2, 0.25) is 0 Å². The van der Waals surface area contributed by atoms with E-state index >= 15 is 0 Å². The molecule has 1 rings (SSSR count). The third kappa shape index (κ3) is 3.57. The van der Waals surface area contributed by atoms with Crippen molar-refractivity contribution in [1.82, 2.24) is 20.0 Å². The van der Waals surface area contributed by atoms with E-state index in [1.807, 2.05) is 17.9 Å². The molecule has 0 saturated heterocycles. The highest BCUT2D eigenvalue weighted by Gasteiger charge is 1.97. The molecular formula is C9H18N4. The summed E-state index contributed by atoms with van der Waals surface area (Å²) in [4.78, 5) is 2.15. The summed E-state index contributed by atoms with van der Waals surface area (Å²) in [5, 5.41) is 7.36. The molecule has 0 aliphatic heterocycles. The average Bonchev–Trinajstić information content (AvgIpc) is 2.50. The molecule has 13 heavy (non-hydrogen) atoms. The third-order valence-corrected chi connectivity index (χ3v) is 1.84. The molecule has 0 radical (unpaired) electrons. The number of aromatic nitrogens is 2. The van der Waals surface area contributed by atoms with Gasteiger partial charge in [0.15, 0.2) is 0 Å². The Bertz CT molecular complexity index is 242. The van der Waals surface area contributed by atoms with Crippen molar-refractivity contribution in [1.29, 1.82) is 0 Å². The van der Waals surface area contributed by atoms with Crippen molar-refractivity contribution in [3.8, 4) is 0 Å². The lowest BCUT2D eigenvalue weighted by Crippen LogP contribution is -2.18. The smallest absolute Gasteiger partial charge is 0.0536 e. The van der Waals surface area contributed by atoms with Gasteiger partial charge in [0.25, 0.3) is 0 Å². The van der Waals surface area contributed by atoms with Gasteiger partial charge in [-0.2, -0.15) is 5.10 Å². The summed E-state index contributed by atoms with van der Waals surface area (Å²) in [6.45, 7) is 2.87. The molecule has 0 saturated carbocycles. The Morgan fingerprint density at radius 3 is 2.92 bits per heavy atom. The van der Waals surface area contributed by atoms with Crippen molar-refractivity contribution < 1.29 is 0 Å². The molecule has 4 nitrogen and oxygen atoms in total. The molecule has 0 spiro atoms. The zero-order valence-electron chi connectivity index (χ0n) is 8.62. The molecule has 1 aromatic rings. The molecule has 74 valence electrons. The van der Waals surface area contributed by atoms with Crippen LogP contribution in [0.5, 0.6) is 0 Å². The van der Waals surface area contributed by atoms with Crippen LogP contribution in [0, 0.1) is 0 Å². The van der Waals surface area contributed by atoms with Crippen LogP contribution in [0.25, 0.3) is 0 Å².